The van der Waals surface area contributed by atoms with E-state index in [9.17, 15) is 0 Å². The van der Waals surface area contributed by atoms with E-state index < -0.39 is 0 Å². The largest absolute Gasteiger partial charge is 0.340 e. The van der Waals surface area contributed by atoms with Gasteiger partial charge in [0.2, 0.25) is 0 Å². The number of hydrogen-bond donors (Lipinski definition) is 3. The fourth-order valence-corrected chi connectivity index (χ4v) is 1.96. The average molecular weight is 257 g/mol. The van der Waals surface area contributed by atoms with Gasteiger partial charge in [0, 0.05) is 11.8 Å². The molecule has 0 fully saturated rings. The molecule has 0 aliphatic heterocycles. The zero-order valence-corrected chi connectivity index (χ0v) is 11.4. The zero-order chi connectivity index (χ0) is 13.8. The summed E-state index contributed by atoms with van der Waals surface area (Å²) in [6.45, 7) is 6.16. The maximum absolute atomic E-state index is 5.39. The number of benzene rings is 1. The van der Waals surface area contributed by atoms with Crippen LogP contribution in [0.5, 0.6) is 0 Å². The van der Waals surface area contributed by atoms with Crippen molar-refractivity contribution in [3.05, 3.63) is 41.7 Å². The van der Waals surface area contributed by atoms with Crippen LogP contribution < -0.4 is 16.6 Å². The highest BCUT2D eigenvalue weighted by molar-refractivity contribution is 5.63. The molecule has 2 aromatic rings. The van der Waals surface area contributed by atoms with Crippen LogP contribution in [0.2, 0.25) is 0 Å². The van der Waals surface area contributed by atoms with Crippen LogP contribution in [0.25, 0.3) is 0 Å². The topological polar surface area (TPSA) is 75.9 Å². The van der Waals surface area contributed by atoms with E-state index in [4.69, 9.17) is 5.84 Å². The third-order valence-corrected chi connectivity index (χ3v) is 2.83. The molecule has 2 rings (SSSR count). The predicted molar refractivity (Wildman–Crippen MR) is 78.4 cm³/mol. The van der Waals surface area contributed by atoms with E-state index in [-0.39, 0.29) is 0 Å². The van der Waals surface area contributed by atoms with Crippen LogP contribution >= 0.6 is 0 Å². The lowest BCUT2D eigenvalue weighted by Crippen LogP contribution is -2.10. The minimum atomic E-state index is 0.443. The number of nitrogens with one attached hydrogen (secondary N) is 2. The molecule has 0 saturated carbocycles. The molecule has 0 bridgehead atoms. The highest BCUT2D eigenvalue weighted by atomic mass is 15.3. The molecule has 0 spiro atoms. The quantitative estimate of drug-likeness (QED) is 0.580. The van der Waals surface area contributed by atoms with Crippen molar-refractivity contribution in [1.82, 2.24) is 9.97 Å². The molecule has 0 saturated heterocycles. The highest BCUT2D eigenvalue weighted by Gasteiger charge is 2.07. The first-order valence-corrected chi connectivity index (χ1v) is 6.28. The van der Waals surface area contributed by atoms with Crippen LogP contribution in [0.15, 0.2) is 30.3 Å². The van der Waals surface area contributed by atoms with Crippen molar-refractivity contribution in [2.75, 3.05) is 10.7 Å². The first-order valence-electron chi connectivity index (χ1n) is 6.28. The molecule has 0 radical (unpaired) electrons. The summed E-state index contributed by atoms with van der Waals surface area (Å²) in [5, 5.41) is 3.32. The van der Waals surface area contributed by atoms with Crippen molar-refractivity contribution in [2.45, 2.75) is 26.7 Å². The summed E-state index contributed by atoms with van der Waals surface area (Å²) >= 11 is 0. The van der Waals surface area contributed by atoms with E-state index in [0.717, 1.165) is 11.5 Å². The minimum absolute atomic E-state index is 0.443. The van der Waals surface area contributed by atoms with Gasteiger partial charge in [0.25, 0.3) is 0 Å². The van der Waals surface area contributed by atoms with Crippen molar-refractivity contribution in [1.29, 1.82) is 0 Å². The number of anilines is 3. The Morgan fingerprint density at radius 2 is 1.79 bits per heavy atom. The Balaban J connectivity index is 2.33. The van der Waals surface area contributed by atoms with Gasteiger partial charge in [-0.15, -0.1) is 0 Å². The third-order valence-electron chi connectivity index (χ3n) is 2.83. The molecule has 5 heteroatoms. The SMILES string of the molecule is Cc1nc(NN)cc(Nc2ccccc2C(C)C)n1. The molecule has 19 heavy (non-hydrogen) atoms. The Kier molecular flexibility index (Phi) is 3.97. The van der Waals surface area contributed by atoms with E-state index in [1.54, 1.807) is 6.07 Å². The summed E-state index contributed by atoms with van der Waals surface area (Å²) < 4.78 is 0. The van der Waals surface area contributed by atoms with Crippen molar-refractivity contribution in [3.8, 4) is 0 Å². The van der Waals surface area contributed by atoms with Crippen molar-refractivity contribution >= 4 is 17.3 Å². The summed E-state index contributed by atoms with van der Waals surface area (Å²) in [4.78, 5) is 8.52. The van der Waals surface area contributed by atoms with Crippen LogP contribution in [0.3, 0.4) is 0 Å². The van der Waals surface area contributed by atoms with E-state index in [2.05, 4.69) is 40.6 Å². The van der Waals surface area contributed by atoms with E-state index >= 15 is 0 Å². The fraction of sp³-hybridized carbons (Fsp3) is 0.286. The van der Waals surface area contributed by atoms with Gasteiger partial charge in [0.1, 0.15) is 17.5 Å². The van der Waals surface area contributed by atoms with Gasteiger partial charge in [-0.05, 0) is 24.5 Å². The van der Waals surface area contributed by atoms with Crippen molar-refractivity contribution in [3.63, 3.8) is 0 Å². The second-order valence-electron chi connectivity index (χ2n) is 4.70. The molecule has 0 atom stereocenters. The minimum Gasteiger partial charge on any atom is -0.340 e. The number of hydrazine groups is 1. The molecule has 0 unspecified atom stereocenters. The molecule has 1 heterocycles. The molecule has 1 aromatic heterocycles. The maximum atomic E-state index is 5.39. The smallest absolute Gasteiger partial charge is 0.145 e. The van der Waals surface area contributed by atoms with Crippen LogP contribution in [-0.2, 0) is 0 Å². The second-order valence-corrected chi connectivity index (χ2v) is 4.70. The van der Waals surface area contributed by atoms with Crippen LogP contribution in [-0.4, -0.2) is 9.97 Å². The number of aryl methyl sites for hydroxylation is 1. The third kappa shape index (κ3) is 3.20. The predicted octanol–water partition coefficient (Wildman–Crippen LogP) is 2.94. The highest BCUT2D eigenvalue weighted by Crippen LogP contribution is 2.26. The molecular weight excluding hydrogens is 238 g/mol. The number of nitrogen functional groups attached to an aromatic ring is 1. The number of aromatic nitrogens is 2. The Bertz CT molecular complexity index is 566. The van der Waals surface area contributed by atoms with Gasteiger partial charge in [0.05, 0.1) is 0 Å². The molecule has 0 aliphatic rings. The lowest BCUT2D eigenvalue weighted by molar-refractivity contribution is 0.868. The van der Waals surface area contributed by atoms with Crippen molar-refractivity contribution < 1.29 is 0 Å². The zero-order valence-electron chi connectivity index (χ0n) is 11.4. The number of hydrogen-bond acceptors (Lipinski definition) is 5. The van der Waals surface area contributed by atoms with Crippen LogP contribution in [0, 0.1) is 6.92 Å². The summed E-state index contributed by atoms with van der Waals surface area (Å²) in [5.41, 5.74) is 4.85. The summed E-state index contributed by atoms with van der Waals surface area (Å²) in [7, 11) is 0. The molecule has 0 amide bonds. The van der Waals surface area contributed by atoms with Crippen LogP contribution in [0.1, 0.15) is 31.2 Å². The standard InChI is InChI=1S/C14H19N5/c1-9(2)11-6-4-5-7-12(11)18-13-8-14(19-15)17-10(3)16-13/h4-9H,15H2,1-3H3,(H2,16,17,18,19). The Morgan fingerprint density at radius 1 is 1.11 bits per heavy atom. The molecule has 5 nitrogen and oxygen atoms in total. The number of para-hydroxylation sites is 1. The van der Waals surface area contributed by atoms with Crippen molar-refractivity contribution in [2.24, 2.45) is 5.84 Å². The van der Waals surface area contributed by atoms with E-state index in [0.29, 0.717) is 17.6 Å². The second kappa shape index (κ2) is 5.67. The molecule has 100 valence electrons. The van der Waals surface area contributed by atoms with Gasteiger partial charge in [-0.3, -0.25) is 0 Å². The van der Waals surface area contributed by atoms with Gasteiger partial charge in [-0.2, -0.15) is 0 Å². The molecule has 1 aromatic carbocycles. The molecular formula is C14H19N5. The summed E-state index contributed by atoms with van der Waals surface area (Å²) in [6.07, 6.45) is 0. The number of rotatable bonds is 4. The van der Waals surface area contributed by atoms with Gasteiger partial charge >= 0.3 is 0 Å². The number of nitrogens with two attached hydrogens (primary N) is 1. The Hall–Kier alpha value is -2.14. The van der Waals surface area contributed by atoms with E-state index in [1.807, 2.05) is 25.1 Å². The lowest BCUT2D eigenvalue weighted by atomic mass is 10.0. The first kappa shape index (κ1) is 13.3. The van der Waals surface area contributed by atoms with Gasteiger partial charge in [0.15, 0.2) is 0 Å². The maximum Gasteiger partial charge on any atom is 0.145 e. The summed E-state index contributed by atoms with van der Waals surface area (Å²) in [6, 6.07) is 9.98. The van der Waals surface area contributed by atoms with E-state index in [1.165, 1.54) is 5.56 Å². The normalized spacial score (nSPS) is 10.6. The fourth-order valence-electron chi connectivity index (χ4n) is 1.96. The van der Waals surface area contributed by atoms with Crippen LogP contribution in [0.4, 0.5) is 17.3 Å². The average Bonchev–Trinajstić information content (AvgIpc) is 2.38. The Morgan fingerprint density at radius 3 is 2.47 bits per heavy atom. The number of nitrogens with zero attached hydrogens (tertiary/aromatic N) is 2. The molecule has 0 aliphatic carbocycles. The summed E-state index contributed by atoms with van der Waals surface area (Å²) in [5.74, 6) is 7.83. The van der Waals surface area contributed by atoms with Gasteiger partial charge < -0.3 is 10.7 Å². The molecule has 4 N–H and O–H groups in total. The first-order chi connectivity index (χ1) is 9.10. The van der Waals surface area contributed by atoms with Gasteiger partial charge in [-0.25, -0.2) is 15.8 Å². The van der Waals surface area contributed by atoms with Gasteiger partial charge in [-0.1, -0.05) is 32.0 Å². The Labute approximate surface area is 113 Å². The monoisotopic (exact) mass is 257 g/mol. The lowest BCUT2D eigenvalue weighted by Gasteiger charge is -2.14.